The van der Waals surface area contributed by atoms with E-state index in [4.69, 9.17) is 9.47 Å². The lowest BCUT2D eigenvalue weighted by Gasteiger charge is -2.30. The second kappa shape index (κ2) is 5.64. The molecule has 2 aromatic rings. The Bertz CT molecular complexity index is 681. The van der Waals surface area contributed by atoms with Gasteiger partial charge in [0, 0.05) is 0 Å². The second-order valence-electron chi connectivity index (χ2n) is 5.29. The number of carbonyl (C=O) groups is 2. The Balaban J connectivity index is 2.19. The zero-order valence-electron chi connectivity index (χ0n) is 12.2. The highest BCUT2D eigenvalue weighted by Gasteiger charge is 2.57. The molecule has 0 saturated carbocycles. The van der Waals surface area contributed by atoms with Crippen molar-refractivity contribution in [3.8, 4) is 0 Å². The van der Waals surface area contributed by atoms with E-state index in [0.29, 0.717) is 0 Å². The molecule has 22 heavy (non-hydrogen) atoms. The van der Waals surface area contributed by atoms with Crippen LogP contribution in [0.25, 0.3) is 0 Å². The fourth-order valence-corrected chi connectivity index (χ4v) is 3.04. The van der Waals surface area contributed by atoms with Crippen molar-refractivity contribution in [1.29, 1.82) is 0 Å². The Labute approximate surface area is 128 Å². The van der Waals surface area contributed by atoms with Crippen molar-refractivity contribution in [3.63, 3.8) is 0 Å². The molecule has 1 aliphatic heterocycles. The van der Waals surface area contributed by atoms with Crippen LogP contribution in [0.4, 0.5) is 0 Å². The van der Waals surface area contributed by atoms with E-state index in [-0.39, 0.29) is 6.42 Å². The summed E-state index contributed by atoms with van der Waals surface area (Å²) in [5.41, 5.74) is 0.359. The van der Waals surface area contributed by atoms with Crippen LogP contribution in [0.2, 0.25) is 0 Å². The van der Waals surface area contributed by atoms with Gasteiger partial charge in [0.15, 0.2) is 0 Å². The maximum absolute atomic E-state index is 12.6. The molecule has 1 heterocycles. The number of methoxy groups -OCH3 is 1. The molecular weight excluding hydrogens is 280 g/mol. The molecule has 1 fully saturated rings. The van der Waals surface area contributed by atoms with Gasteiger partial charge < -0.3 is 9.47 Å². The minimum Gasteiger partial charge on any atom is -0.468 e. The highest BCUT2D eigenvalue weighted by atomic mass is 16.6. The summed E-state index contributed by atoms with van der Waals surface area (Å²) in [6, 6.07) is 18.5. The van der Waals surface area contributed by atoms with Crippen LogP contribution in [0, 0.1) is 0 Å². The first-order valence-electron chi connectivity index (χ1n) is 7.07. The Morgan fingerprint density at radius 2 is 1.68 bits per heavy atom. The lowest BCUT2D eigenvalue weighted by atomic mass is 9.72. The fourth-order valence-electron chi connectivity index (χ4n) is 3.04. The first-order chi connectivity index (χ1) is 10.7. The lowest BCUT2D eigenvalue weighted by Crippen LogP contribution is -2.39. The van der Waals surface area contributed by atoms with E-state index in [9.17, 15) is 9.59 Å². The highest BCUT2D eigenvalue weighted by molar-refractivity contribution is 5.92. The van der Waals surface area contributed by atoms with Gasteiger partial charge >= 0.3 is 11.9 Å². The minimum atomic E-state index is -1.14. The van der Waals surface area contributed by atoms with Crippen molar-refractivity contribution in [3.05, 3.63) is 71.8 Å². The molecule has 3 rings (SSSR count). The van der Waals surface area contributed by atoms with Gasteiger partial charge in [-0.15, -0.1) is 0 Å². The molecule has 4 nitrogen and oxygen atoms in total. The number of esters is 2. The van der Waals surface area contributed by atoms with Gasteiger partial charge in [-0.25, -0.2) is 0 Å². The molecule has 0 radical (unpaired) electrons. The summed E-state index contributed by atoms with van der Waals surface area (Å²) in [7, 11) is 1.33. The first kappa shape index (κ1) is 14.3. The monoisotopic (exact) mass is 296 g/mol. The van der Waals surface area contributed by atoms with Gasteiger partial charge in [0.25, 0.3) is 0 Å². The van der Waals surface area contributed by atoms with Gasteiger partial charge in [0.05, 0.1) is 13.5 Å². The number of rotatable bonds is 3. The highest BCUT2D eigenvalue weighted by Crippen LogP contribution is 2.48. The standard InChI is InChI=1S/C18H16O4/c1-21-17(20)18(14-10-6-3-7-11-14)12-15(19)22-16(18)13-8-4-2-5-9-13/h2-11,16H,12H2,1H3/t16-,18-/m0/s1. The van der Waals surface area contributed by atoms with E-state index in [1.807, 2.05) is 60.7 Å². The zero-order valence-corrected chi connectivity index (χ0v) is 12.2. The van der Waals surface area contributed by atoms with Crippen molar-refractivity contribution in [2.24, 2.45) is 0 Å². The normalized spacial score (nSPS) is 23.9. The number of ether oxygens (including phenoxy) is 2. The van der Waals surface area contributed by atoms with E-state index in [1.165, 1.54) is 7.11 Å². The molecule has 0 spiro atoms. The average molecular weight is 296 g/mol. The third-order valence-electron chi connectivity index (χ3n) is 4.06. The third-order valence-corrected chi connectivity index (χ3v) is 4.06. The molecule has 1 aliphatic rings. The van der Waals surface area contributed by atoms with Crippen molar-refractivity contribution < 1.29 is 19.1 Å². The third kappa shape index (κ3) is 2.17. The minimum absolute atomic E-state index is 0.0246. The van der Waals surface area contributed by atoms with Crippen LogP contribution in [0.15, 0.2) is 60.7 Å². The van der Waals surface area contributed by atoms with Gasteiger partial charge in [-0.2, -0.15) is 0 Å². The van der Waals surface area contributed by atoms with Crippen molar-refractivity contribution in [2.45, 2.75) is 17.9 Å². The van der Waals surface area contributed by atoms with Crippen LogP contribution in [-0.2, 0) is 24.5 Å². The average Bonchev–Trinajstić information content (AvgIpc) is 2.94. The number of hydrogen-bond donors (Lipinski definition) is 0. The quantitative estimate of drug-likeness (QED) is 0.817. The smallest absolute Gasteiger partial charge is 0.321 e. The first-order valence-corrected chi connectivity index (χ1v) is 7.07. The van der Waals surface area contributed by atoms with Crippen LogP contribution >= 0.6 is 0 Å². The van der Waals surface area contributed by atoms with Gasteiger partial charge in [-0.3, -0.25) is 9.59 Å². The Morgan fingerprint density at radius 3 is 2.27 bits per heavy atom. The van der Waals surface area contributed by atoms with E-state index >= 15 is 0 Å². The van der Waals surface area contributed by atoms with Crippen molar-refractivity contribution in [2.75, 3.05) is 7.11 Å². The number of hydrogen-bond acceptors (Lipinski definition) is 4. The van der Waals surface area contributed by atoms with E-state index < -0.39 is 23.5 Å². The summed E-state index contributed by atoms with van der Waals surface area (Å²) < 4.78 is 10.5. The van der Waals surface area contributed by atoms with Crippen molar-refractivity contribution in [1.82, 2.24) is 0 Å². The molecule has 0 aromatic heterocycles. The number of cyclic esters (lactones) is 1. The lowest BCUT2D eigenvalue weighted by molar-refractivity contribution is -0.150. The largest absolute Gasteiger partial charge is 0.468 e. The molecule has 0 bridgehead atoms. The predicted molar refractivity (Wildman–Crippen MR) is 80.0 cm³/mol. The fraction of sp³-hybridized carbons (Fsp3) is 0.222. The summed E-state index contributed by atoms with van der Waals surface area (Å²) in [4.78, 5) is 24.6. The Hall–Kier alpha value is -2.62. The maximum atomic E-state index is 12.6. The molecule has 0 N–H and O–H groups in total. The van der Waals surface area contributed by atoms with E-state index in [1.54, 1.807) is 0 Å². The molecule has 0 aliphatic carbocycles. The number of benzene rings is 2. The van der Waals surface area contributed by atoms with E-state index in [2.05, 4.69) is 0 Å². The SMILES string of the molecule is COC(=O)[C@]1(c2ccccc2)CC(=O)O[C@H]1c1ccccc1. The van der Waals surface area contributed by atoms with Crippen LogP contribution < -0.4 is 0 Å². The molecular formula is C18H16O4. The maximum Gasteiger partial charge on any atom is 0.321 e. The van der Waals surface area contributed by atoms with Crippen molar-refractivity contribution >= 4 is 11.9 Å². The summed E-state index contributed by atoms with van der Waals surface area (Å²) >= 11 is 0. The Morgan fingerprint density at radius 1 is 1.09 bits per heavy atom. The molecule has 2 aromatic carbocycles. The predicted octanol–water partition coefficient (Wildman–Crippen LogP) is 2.79. The van der Waals surface area contributed by atoms with Gasteiger partial charge in [0.2, 0.25) is 0 Å². The Kier molecular flexibility index (Phi) is 3.67. The summed E-state index contributed by atoms with van der Waals surface area (Å²) in [6.07, 6.45) is -0.709. The molecule has 2 atom stereocenters. The van der Waals surface area contributed by atoms with Gasteiger partial charge in [-0.1, -0.05) is 60.7 Å². The molecule has 0 amide bonds. The van der Waals surface area contributed by atoms with Crippen LogP contribution in [0.3, 0.4) is 0 Å². The van der Waals surface area contributed by atoms with Crippen LogP contribution in [0.1, 0.15) is 23.7 Å². The molecule has 1 saturated heterocycles. The summed E-state index contributed by atoms with van der Waals surface area (Å²) in [5, 5.41) is 0. The zero-order chi connectivity index (χ0) is 15.6. The van der Waals surface area contributed by atoms with Gasteiger partial charge in [-0.05, 0) is 11.1 Å². The molecule has 0 unspecified atom stereocenters. The number of carbonyl (C=O) groups excluding carboxylic acids is 2. The van der Waals surface area contributed by atoms with Crippen LogP contribution in [0.5, 0.6) is 0 Å². The van der Waals surface area contributed by atoms with Gasteiger partial charge in [0.1, 0.15) is 11.5 Å². The molecule has 112 valence electrons. The summed E-state index contributed by atoms with van der Waals surface area (Å²) in [6.45, 7) is 0. The van der Waals surface area contributed by atoms with E-state index in [0.717, 1.165) is 11.1 Å². The summed E-state index contributed by atoms with van der Waals surface area (Å²) in [5.74, 6) is -0.860. The second-order valence-corrected chi connectivity index (χ2v) is 5.29. The topological polar surface area (TPSA) is 52.6 Å². The van der Waals surface area contributed by atoms with Crippen LogP contribution in [-0.4, -0.2) is 19.0 Å². The molecule has 4 heteroatoms.